The molecule has 0 heterocycles. The monoisotopic (exact) mass is 919 g/mol. The van der Waals surface area contributed by atoms with E-state index in [1.165, 1.54) is 109 Å². The smallest absolute Gasteiger partial charge is 0.306 e. The van der Waals surface area contributed by atoms with E-state index in [4.69, 9.17) is 14.2 Å². The normalized spacial score (nSPS) is 12.7. The zero-order valence-electron chi connectivity index (χ0n) is 43.2. The van der Waals surface area contributed by atoms with E-state index in [-0.39, 0.29) is 31.1 Å². The van der Waals surface area contributed by atoms with Gasteiger partial charge < -0.3 is 14.2 Å². The van der Waals surface area contributed by atoms with E-state index in [9.17, 15) is 14.4 Å². The van der Waals surface area contributed by atoms with Gasteiger partial charge in [-0.2, -0.15) is 0 Å². The van der Waals surface area contributed by atoms with Crippen LogP contribution in [-0.2, 0) is 28.6 Å². The molecule has 6 heteroatoms. The van der Waals surface area contributed by atoms with Crippen LogP contribution in [0.3, 0.4) is 0 Å². The number of hydrogen-bond donors (Lipinski definition) is 0. The maximum absolute atomic E-state index is 12.7. The van der Waals surface area contributed by atoms with Crippen LogP contribution in [-0.4, -0.2) is 37.2 Å². The average Bonchev–Trinajstić information content (AvgIpc) is 3.31. The van der Waals surface area contributed by atoms with E-state index in [1.54, 1.807) is 0 Å². The minimum absolute atomic E-state index is 0.0752. The summed E-state index contributed by atoms with van der Waals surface area (Å²) >= 11 is 0. The molecule has 0 aromatic carbocycles. The molecule has 6 nitrogen and oxygen atoms in total. The molecule has 0 saturated heterocycles. The summed E-state index contributed by atoms with van der Waals surface area (Å²) in [6.45, 7) is 6.46. The minimum atomic E-state index is -0.771. The van der Waals surface area contributed by atoms with Crippen LogP contribution in [0.25, 0.3) is 0 Å². The van der Waals surface area contributed by atoms with Gasteiger partial charge in [0.05, 0.1) is 0 Å². The van der Waals surface area contributed by atoms with E-state index in [2.05, 4.69) is 106 Å². The molecule has 378 valence electrons. The summed E-state index contributed by atoms with van der Waals surface area (Å²) < 4.78 is 16.7. The van der Waals surface area contributed by atoms with Crippen LogP contribution in [0.2, 0.25) is 0 Å². The fraction of sp³-hybridized carbons (Fsp3) is 0.717. The molecule has 0 radical (unpaired) electrons. The highest BCUT2D eigenvalue weighted by Crippen LogP contribution is 2.15. The van der Waals surface area contributed by atoms with Gasteiger partial charge in [0.15, 0.2) is 6.10 Å². The lowest BCUT2D eigenvalue weighted by atomic mass is 10.1. The van der Waals surface area contributed by atoms with Crippen molar-refractivity contribution >= 4 is 17.9 Å². The Hall–Kier alpha value is -3.41. The zero-order valence-corrected chi connectivity index (χ0v) is 43.2. The summed E-state index contributed by atoms with van der Waals surface area (Å²) in [5, 5.41) is 0. The third-order valence-corrected chi connectivity index (χ3v) is 11.7. The predicted molar refractivity (Wildman–Crippen MR) is 284 cm³/mol. The van der Waals surface area contributed by atoms with Crippen molar-refractivity contribution in [3.05, 3.63) is 85.1 Å². The van der Waals surface area contributed by atoms with Gasteiger partial charge in [-0.3, -0.25) is 14.4 Å². The molecule has 0 aliphatic heterocycles. The van der Waals surface area contributed by atoms with Crippen molar-refractivity contribution in [3.63, 3.8) is 0 Å². The van der Waals surface area contributed by atoms with Gasteiger partial charge in [-0.15, -0.1) is 0 Å². The summed E-state index contributed by atoms with van der Waals surface area (Å²) in [6.07, 6.45) is 70.3. The Morgan fingerprint density at radius 3 is 0.924 bits per heavy atom. The fourth-order valence-corrected chi connectivity index (χ4v) is 7.54. The second-order valence-corrected chi connectivity index (χ2v) is 18.1. The molecule has 0 saturated carbocycles. The zero-order chi connectivity index (χ0) is 47.9. The Morgan fingerprint density at radius 2 is 0.591 bits per heavy atom. The number of allylic oxidation sites excluding steroid dienone is 14. The molecule has 66 heavy (non-hydrogen) atoms. The molecular weight excluding hydrogens is 817 g/mol. The maximum Gasteiger partial charge on any atom is 0.306 e. The lowest BCUT2D eigenvalue weighted by molar-refractivity contribution is -0.167. The number of carbonyl (C=O) groups is 3. The maximum atomic E-state index is 12.7. The highest BCUT2D eigenvalue weighted by molar-refractivity contribution is 5.71. The number of hydrogen-bond acceptors (Lipinski definition) is 6. The molecule has 0 fully saturated rings. The number of esters is 3. The van der Waals surface area contributed by atoms with Crippen LogP contribution in [0.1, 0.15) is 258 Å². The Morgan fingerprint density at radius 1 is 0.318 bits per heavy atom. The van der Waals surface area contributed by atoms with Crippen LogP contribution in [0.15, 0.2) is 85.1 Å². The third kappa shape index (κ3) is 51.6. The van der Waals surface area contributed by atoms with Gasteiger partial charge in [0.25, 0.3) is 0 Å². The second-order valence-electron chi connectivity index (χ2n) is 18.1. The highest BCUT2D eigenvalue weighted by atomic mass is 16.6. The van der Waals surface area contributed by atoms with Gasteiger partial charge in [0, 0.05) is 19.3 Å². The standard InChI is InChI=1S/C60H102O6/c1-4-7-10-13-16-18-20-21-22-23-24-25-26-27-28-29-30-31-32-33-34-35-36-37-38-39-40-42-44-47-50-53-59(62)65-56-57(55-64-58(61)52-49-46-43-15-12-9-6-3)66-60(63)54-51-48-45-41-19-17-14-11-8-5-2/h7,10,16,18,21-22,24-25,27-28,30-31,33-34,57H,4-6,8-9,11-15,17,19-20,23,26,29,32,35-56H2,1-3H3/b10-7-,18-16-,22-21-,25-24-,28-27-,31-30-,34-33-. The minimum Gasteiger partial charge on any atom is -0.462 e. The van der Waals surface area contributed by atoms with Crippen molar-refractivity contribution in [1.82, 2.24) is 0 Å². The summed E-state index contributed by atoms with van der Waals surface area (Å²) in [4.78, 5) is 37.7. The molecule has 0 spiro atoms. The van der Waals surface area contributed by atoms with Gasteiger partial charge >= 0.3 is 17.9 Å². The van der Waals surface area contributed by atoms with Crippen LogP contribution < -0.4 is 0 Å². The van der Waals surface area contributed by atoms with E-state index in [0.29, 0.717) is 19.3 Å². The second kappa shape index (κ2) is 54.2. The molecule has 0 aliphatic carbocycles. The summed E-state index contributed by atoms with van der Waals surface area (Å²) in [6, 6.07) is 0. The van der Waals surface area contributed by atoms with Crippen LogP contribution >= 0.6 is 0 Å². The Bertz CT molecular complexity index is 1290. The third-order valence-electron chi connectivity index (χ3n) is 11.7. The first-order chi connectivity index (χ1) is 32.5. The molecule has 0 N–H and O–H groups in total. The van der Waals surface area contributed by atoms with Gasteiger partial charge in [-0.05, 0) is 77.0 Å². The molecule has 0 aromatic heterocycles. The average molecular weight is 919 g/mol. The molecular formula is C60H102O6. The first-order valence-corrected chi connectivity index (χ1v) is 27.6. The van der Waals surface area contributed by atoms with Crippen LogP contribution in [0.5, 0.6) is 0 Å². The molecule has 1 unspecified atom stereocenters. The molecule has 0 aromatic rings. The Balaban J connectivity index is 4.07. The molecule has 0 amide bonds. The molecule has 0 rings (SSSR count). The Labute approximate surface area is 407 Å². The van der Waals surface area contributed by atoms with Gasteiger partial charge in [-0.25, -0.2) is 0 Å². The number of unbranched alkanes of at least 4 members (excludes halogenated alkanes) is 24. The first kappa shape index (κ1) is 62.6. The lowest BCUT2D eigenvalue weighted by Gasteiger charge is -2.18. The largest absolute Gasteiger partial charge is 0.462 e. The number of rotatable bonds is 49. The van der Waals surface area contributed by atoms with Gasteiger partial charge in [0.2, 0.25) is 0 Å². The van der Waals surface area contributed by atoms with Crippen molar-refractivity contribution in [3.8, 4) is 0 Å². The Kier molecular flexibility index (Phi) is 51.4. The first-order valence-electron chi connectivity index (χ1n) is 27.6. The van der Waals surface area contributed by atoms with E-state index < -0.39 is 6.10 Å². The highest BCUT2D eigenvalue weighted by Gasteiger charge is 2.19. The summed E-state index contributed by atoms with van der Waals surface area (Å²) in [5.41, 5.74) is 0. The van der Waals surface area contributed by atoms with Crippen LogP contribution in [0.4, 0.5) is 0 Å². The van der Waals surface area contributed by atoms with Crippen molar-refractivity contribution in [2.24, 2.45) is 0 Å². The fourth-order valence-electron chi connectivity index (χ4n) is 7.54. The summed E-state index contributed by atoms with van der Waals surface area (Å²) in [5.74, 6) is -0.888. The molecule has 1 atom stereocenters. The quantitative estimate of drug-likeness (QED) is 0.0262. The lowest BCUT2D eigenvalue weighted by Crippen LogP contribution is -2.30. The van der Waals surface area contributed by atoms with Crippen LogP contribution in [0, 0.1) is 0 Å². The SMILES string of the molecule is CC/C=C\C/C=C\C/C=C\C/C=C\C/C=C\C/C=C\C/C=C\CCCCCCCCCCCC(=O)OCC(COC(=O)CCCCCCCCC)OC(=O)CCCCCCCCCCCC. The number of carbonyl (C=O) groups excluding carboxylic acids is 3. The molecule has 0 aliphatic rings. The van der Waals surface area contributed by atoms with Crippen molar-refractivity contribution in [1.29, 1.82) is 0 Å². The van der Waals surface area contributed by atoms with Crippen molar-refractivity contribution < 1.29 is 28.6 Å². The van der Waals surface area contributed by atoms with E-state index in [1.807, 2.05) is 0 Å². The van der Waals surface area contributed by atoms with Gasteiger partial charge in [-0.1, -0.05) is 247 Å². The predicted octanol–water partition coefficient (Wildman–Crippen LogP) is 18.4. The van der Waals surface area contributed by atoms with Gasteiger partial charge in [0.1, 0.15) is 13.2 Å². The topological polar surface area (TPSA) is 78.9 Å². The van der Waals surface area contributed by atoms with Crippen molar-refractivity contribution in [2.75, 3.05) is 13.2 Å². The van der Waals surface area contributed by atoms with E-state index >= 15 is 0 Å². The number of ether oxygens (including phenoxy) is 3. The summed E-state index contributed by atoms with van der Waals surface area (Å²) in [7, 11) is 0. The van der Waals surface area contributed by atoms with E-state index in [0.717, 1.165) is 109 Å². The molecule has 0 bridgehead atoms. The van der Waals surface area contributed by atoms with Crippen molar-refractivity contribution in [2.45, 2.75) is 264 Å².